The van der Waals surface area contributed by atoms with Crippen LogP contribution in [0.4, 0.5) is 11.4 Å². The third kappa shape index (κ3) is 15.6. The number of anilines is 2. The van der Waals surface area contributed by atoms with Crippen molar-refractivity contribution in [2.45, 2.75) is 57.2 Å². The molecular formula is C34H50N4O5S. The fourth-order valence-corrected chi connectivity index (χ4v) is 4.81. The summed E-state index contributed by atoms with van der Waals surface area (Å²) in [5.74, 6) is 0.236. The van der Waals surface area contributed by atoms with Crippen molar-refractivity contribution in [2.75, 3.05) is 37.9 Å². The molecule has 2 heterocycles. The van der Waals surface area contributed by atoms with Gasteiger partial charge >= 0.3 is 0 Å². The van der Waals surface area contributed by atoms with Gasteiger partial charge < -0.3 is 47.0 Å². The molecule has 0 aliphatic carbocycles. The number of nitrogen functional groups attached to an aromatic ring is 1. The van der Waals surface area contributed by atoms with Crippen molar-refractivity contribution in [1.82, 2.24) is 5.32 Å². The first-order valence-corrected chi connectivity index (χ1v) is 15.7. The van der Waals surface area contributed by atoms with Gasteiger partial charge in [-0.05, 0) is 78.2 Å². The Morgan fingerprint density at radius 2 is 1.84 bits per heavy atom. The normalized spacial score (nSPS) is 15.7. The highest BCUT2D eigenvalue weighted by Gasteiger charge is 2.19. The molecule has 44 heavy (non-hydrogen) atoms. The van der Waals surface area contributed by atoms with E-state index in [1.165, 1.54) is 10.4 Å². The van der Waals surface area contributed by atoms with Gasteiger partial charge in [0, 0.05) is 44.1 Å². The van der Waals surface area contributed by atoms with Crippen LogP contribution in [0.2, 0.25) is 0 Å². The predicted molar refractivity (Wildman–Crippen MR) is 184 cm³/mol. The smallest absolute Gasteiger partial charge is 0.119 e. The zero-order chi connectivity index (χ0) is 32.6. The lowest BCUT2D eigenvalue weighted by Crippen LogP contribution is -2.31. The zero-order valence-electron chi connectivity index (χ0n) is 25.8. The van der Waals surface area contributed by atoms with Gasteiger partial charge in [-0.15, -0.1) is 24.5 Å². The summed E-state index contributed by atoms with van der Waals surface area (Å²) in [6.45, 7) is 7.48. The second kappa shape index (κ2) is 23.6. The number of carbonyl (C=O) groups is 1. The van der Waals surface area contributed by atoms with Crippen LogP contribution in [0.25, 0.3) is 16.1 Å². The summed E-state index contributed by atoms with van der Waals surface area (Å²) >= 11 is 1.73. The number of carbonyl (C=O) groups excluding carboxylic acids is 1. The molecule has 4 rings (SSSR count). The second-order valence-electron chi connectivity index (χ2n) is 9.85. The van der Waals surface area contributed by atoms with Crippen molar-refractivity contribution in [2.24, 2.45) is 5.73 Å². The van der Waals surface area contributed by atoms with Gasteiger partial charge in [0.05, 0.1) is 35.9 Å². The molecule has 9 N–H and O–H groups in total. The average Bonchev–Trinajstić information content (AvgIpc) is 3.60. The molecule has 0 bridgehead atoms. The molecule has 2 aromatic carbocycles. The molecule has 242 valence electrons. The maximum absolute atomic E-state index is 10.1. The van der Waals surface area contributed by atoms with E-state index in [-0.39, 0.29) is 24.6 Å². The summed E-state index contributed by atoms with van der Waals surface area (Å²) in [7, 11) is 1.88. The minimum absolute atomic E-state index is 0.0249. The van der Waals surface area contributed by atoms with Crippen molar-refractivity contribution < 1.29 is 24.9 Å². The van der Waals surface area contributed by atoms with Gasteiger partial charge in [0.2, 0.25) is 0 Å². The number of unbranched alkanes of at least 4 members (excludes halogenated alkanes) is 4. The van der Waals surface area contributed by atoms with Crippen LogP contribution < -0.4 is 22.1 Å². The van der Waals surface area contributed by atoms with E-state index < -0.39 is 0 Å². The number of rotatable bonds is 12. The molecule has 1 aliphatic rings. The van der Waals surface area contributed by atoms with Gasteiger partial charge in [0.25, 0.3) is 0 Å². The van der Waals surface area contributed by atoms with Crippen molar-refractivity contribution >= 4 is 34.7 Å². The summed E-state index contributed by atoms with van der Waals surface area (Å²) in [6, 6.07) is 17.0. The summed E-state index contributed by atoms with van der Waals surface area (Å²) in [6.07, 6.45) is 8.58. The van der Waals surface area contributed by atoms with Crippen LogP contribution in [0.3, 0.4) is 0 Å². The second-order valence-corrected chi connectivity index (χ2v) is 10.8. The number of aldehydes is 1. The van der Waals surface area contributed by atoms with E-state index in [9.17, 15) is 9.90 Å². The first-order valence-electron chi connectivity index (χ1n) is 14.8. The lowest BCUT2D eigenvalue weighted by Gasteiger charge is -2.24. The molecule has 0 spiro atoms. The highest BCUT2D eigenvalue weighted by atomic mass is 32.1. The number of phenolic OH excluding ortho intramolecular Hbond substituents is 1. The standard InChI is InChI=1S/C15H22N2O2.C11H12N2S.C6H12O3.C2H4/c16-15(13-6-8-14(19)9-7-13)12-17-10-4-2-1-3-5-11-18;1-13-10-7-8(4-5-9(10)12)11-3-2-6-14-11;7-4-6-3-5(8)1-2-9-6;1-2/h6-9,11-12,17,19H,1-5,10,16H2;2-7,13H,12H2,1H3;5-8H,1-4H2;1-2H2/b15-12-;;;/t;;5-,6+;/m..1./s1. The van der Waals surface area contributed by atoms with E-state index >= 15 is 0 Å². The van der Waals surface area contributed by atoms with Crippen LogP contribution in [0, 0.1) is 0 Å². The zero-order valence-corrected chi connectivity index (χ0v) is 26.6. The van der Waals surface area contributed by atoms with Crippen LogP contribution in [0.5, 0.6) is 5.75 Å². The first-order chi connectivity index (χ1) is 21.4. The Bertz CT molecular complexity index is 1190. The molecule has 0 amide bonds. The average molecular weight is 627 g/mol. The van der Waals surface area contributed by atoms with Crippen LogP contribution in [0.1, 0.15) is 50.5 Å². The molecule has 0 saturated carbocycles. The number of nitrogens with one attached hydrogen (secondary N) is 2. The number of hydrogen-bond donors (Lipinski definition) is 7. The number of hydrogen-bond acceptors (Lipinski definition) is 10. The molecule has 1 aromatic heterocycles. The Kier molecular flexibility index (Phi) is 20.5. The molecule has 1 aliphatic heterocycles. The maximum Gasteiger partial charge on any atom is 0.119 e. The predicted octanol–water partition coefficient (Wildman–Crippen LogP) is 5.75. The number of benzene rings is 2. The molecule has 1 saturated heterocycles. The Morgan fingerprint density at radius 3 is 2.43 bits per heavy atom. The van der Waals surface area contributed by atoms with Gasteiger partial charge in [-0.1, -0.05) is 25.0 Å². The maximum atomic E-state index is 10.1. The Morgan fingerprint density at radius 1 is 1.11 bits per heavy atom. The summed E-state index contributed by atoms with van der Waals surface area (Å²) in [4.78, 5) is 11.4. The number of ether oxygens (including phenoxy) is 1. The number of aromatic hydroxyl groups is 1. The first kappa shape index (κ1) is 38.2. The topological polar surface area (TPSA) is 163 Å². The van der Waals surface area contributed by atoms with E-state index in [1.54, 1.807) is 41.8 Å². The van der Waals surface area contributed by atoms with Gasteiger partial charge in [-0.25, -0.2) is 0 Å². The lowest BCUT2D eigenvalue weighted by molar-refractivity contribution is -0.107. The quantitative estimate of drug-likeness (QED) is 0.0574. The molecule has 0 radical (unpaired) electrons. The fourth-order valence-electron chi connectivity index (χ4n) is 4.08. The molecule has 1 fully saturated rings. The fraction of sp³-hybridized carbons (Fsp3) is 0.382. The summed E-state index contributed by atoms with van der Waals surface area (Å²) in [5, 5.41) is 35.1. The number of aliphatic hydroxyl groups is 2. The number of aliphatic hydroxyl groups excluding tert-OH is 2. The number of nitrogens with two attached hydrogens (primary N) is 2. The summed E-state index contributed by atoms with van der Waals surface area (Å²) in [5.41, 5.74) is 16.2. The number of thiophene rings is 1. The number of phenols is 1. The van der Waals surface area contributed by atoms with Crippen LogP contribution in [-0.2, 0) is 9.53 Å². The highest BCUT2D eigenvalue weighted by molar-refractivity contribution is 7.13. The van der Waals surface area contributed by atoms with E-state index in [1.807, 2.05) is 19.2 Å². The Labute approximate surface area is 266 Å². The molecule has 0 unspecified atom stereocenters. The van der Waals surface area contributed by atoms with E-state index in [4.69, 9.17) is 26.4 Å². The van der Waals surface area contributed by atoms with Crippen molar-refractivity contribution in [1.29, 1.82) is 0 Å². The van der Waals surface area contributed by atoms with Crippen molar-refractivity contribution in [3.05, 3.63) is 84.9 Å². The lowest BCUT2D eigenvalue weighted by atomic mass is 10.1. The van der Waals surface area contributed by atoms with Crippen LogP contribution >= 0.6 is 11.3 Å². The molecule has 10 heteroatoms. The molecule has 9 nitrogen and oxygen atoms in total. The Balaban J connectivity index is 0.000000339. The molecular weight excluding hydrogens is 576 g/mol. The van der Waals surface area contributed by atoms with Gasteiger partial charge in [-0.2, -0.15) is 0 Å². The van der Waals surface area contributed by atoms with Gasteiger partial charge in [-0.3, -0.25) is 0 Å². The third-order valence-corrected chi connectivity index (χ3v) is 7.44. The van der Waals surface area contributed by atoms with E-state index in [0.717, 1.165) is 55.5 Å². The minimum atomic E-state index is -0.268. The SMILES string of the molecule is C=C.CNc1cc(-c2cccs2)ccc1N.N/C(=C\NCCCCCCC=O)c1ccc(O)cc1.OC[C@@H]1C[C@H](O)CCO1. The van der Waals surface area contributed by atoms with Gasteiger partial charge in [0.1, 0.15) is 12.0 Å². The van der Waals surface area contributed by atoms with Crippen LogP contribution in [0.15, 0.2) is 79.3 Å². The monoisotopic (exact) mass is 626 g/mol. The van der Waals surface area contributed by atoms with Crippen molar-refractivity contribution in [3.8, 4) is 16.2 Å². The van der Waals surface area contributed by atoms with Gasteiger partial charge in [0.15, 0.2) is 0 Å². The van der Waals surface area contributed by atoms with E-state index in [2.05, 4.69) is 47.4 Å². The highest BCUT2D eigenvalue weighted by Crippen LogP contribution is 2.29. The minimum Gasteiger partial charge on any atom is -0.508 e. The Hall–Kier alpha value is -3.83. The summed E-state index contributed by atoms with van der Waals surface area (Å²) < 4.78 is 5.09. The molecule has 3 aromatic rings. The van der Waals surface area contributed by atoms with Crippen LogP contribution in [-0.4, -0.2) is 60.6 Å². The van der Waals surface area contributed by atoms with Crippen molar-refractivity contribution in [3.63, 3.8) is 0 Å². The largest absolute Gasteiger partial charge is 0.508 e. The third-order valence-electron chi connectivity index (χ3n) is 6.52. The van der Waals surface area contributed by atoms with E-state index in [0.29, 0.717) is 31.6 Å². The molecule has 2 atom stereocenters.